The Bertz CT molecular complexity index is 974. The summed E-state index contributed by atoms with van der Waals surface area (Å²) in [5, 5.41) is 4.38. The smallest absolute Gasteiger partial charge is 0.187 e. The molecule has 0 saturated carbocycles. The Morgan fingerprint density at radius 2 is 1.46 bits per heavy atom. The number of aromatic nitrogens is 1. The van der Waals surface area contributed by atoms with Crippen molar-refractivity contribution in [2.24, 2.45) is 0 Å². The lowest BCUT2D eigenvalue weighted by Crippen LogP contribution is -1.90. The maximum Gasteiger partial charge on any atom is 0.187 e. The van der Waals surface area contributed by atoms with Gasteiger partial charge in [0.05, 0.1) is 5.69 Å². The molecule has 128 valence electrons. The van der Waals surface area contributed by atoms with Crippen molar-refractivity contribution < 1.29 is 0 Å². The van der Waals surface area contributed by atoms with Gasteiger partial charge in [-0.3, -0.25) is 0 Å². The normalized spacial score (nSPS) is 10.7. The van der Waals surface area contributed by atoms with Crippen molar-refractivity contribution in [2.45, 2.75) is 13.3 Å². The van der Waals surface area contributed by atoms with Crippen molar-refractivity contribution in [3.63, 3.8) is 0 Å². The van der Waals surface area contributed by atoms with Gasteiger partial charge in [0.15, 0.2) is 5.13 Å². The van der Waals surface area contributed by atoms with Crippen molar-refractivity contribution in [3.8, 4) is 11.3 Å². The minimum atomic E-state index is 0.887. The molecule has 0 radical (unpaired) electrons. The number of nitrogens with one attached hydrogen (secondary N) is 1. The van der Waals surface area contributed by atoms with Crippen LogP contribution in [0.15, 0.2) is 84.9 Å². The first kappa shape index (κ1) is 16.6. The van der Waals surface area contributed by atoms with E-state index in [1.165, 1.54) is 16.0 Å². The summed E-state index contributed by atoms with van der Waals surface area (Å²) in [4.78, 5) is 6.18. The summed E-state index contributed by atoms with van der Waals surface area (Å²) in [5.41, 5.74) is 5.84. The summed E-state index contributed by atoms with van der Waals surface area (Å²) in [6.45, 7) is 2.10. The summed E-state index contributed by atoms with van der Waals surface area (Å²) >= 11 is 1.73. The van der Waals surface area contributed by atoms with E-state index in [1.54, 1.807) is 11.3 Å². The van der Waals surface area contributed by atoms with Crippen LogP contribution in [-0.4, -0.2) is 4.98 Å². The third kappa shape index (κ3) is 3.84. The molecule has 0 aliphatic carbocycles. The van der Waals surface area contributed by atoms with Crippen molar-refractivity contribution in [1.82, 2.24) is 4.98 Å². The standard InChI is InChI=1S/C23H20N2S/c1-17-12-14-20(15-13-17)24-23-25-22(19-10-6-3-7-11-19)21(26-23)16-18-8-4-2-5-9-18/h2-15H,16H2,1H3,(H,24,25). The van der Waals surface area contributed by atoms with Crippen LogP contribution in [0.4, 0.5) is 10.8 Å². The van der Waals surface area contributed by atoms with Crippen molar-refractivity contribution in [3.05, 3.63) is 101 Å². The van der Waals surface area contributed by atoms with Crippen molar-refractivity contribution in [1.29, 1.82) is 0 Å². The van der Waals surface area contributed by atoms with E-state index in [0.29, 0.717) is 0 Å². The number of thiazole rings is 1. The fraction of sp³-hybridized carbons (Fsp3) is 0.0870. The highest BCUT2D eigenvalue weighted by Gasteiger charge is 2.14. The fourth-order valence-electron chi connectivity index (χ4n) is 2.89. The van der Waals surface area contributed by atoms with Crippen LogP contribution >= 0.6 is 11.3 Å². The van der Waals surface area contributed by atoms with Gasteiger partial charge in [-0.2, -0.15) is 0 Å². The van der Waals surface area contributed by atoms with Gasteiger partial charge in [0.25, 0.3) is 0 Å². The Morgan fingerprint density at radius 3 is 2.15 bits per heavy atom. The molecule has 26 heavy (non-hydrogen) atoms. The minimum absolute atomic E-state index is 0.887. The van der Waals surface area contributed by atoms with Gasteiger partial charge >= 0.3 is 0 Å². The van der Waals surface area contributed by atoms with Crippen LogP contribution in [0.2, 0.25) is 0 Å². The zero-order valence-corrected chi connectivity index (χ0v) is 15.5. The molecule has 2 nitrogen and oxygen atoms in total. The van der Waals surface area contributed by atoms with E-state index >= 15 is 0 Å². The molecule has 0 spiro atoms. The van der Waals surface area contributed by atoms with E-state index in [0.717, 1.165) is 28.5 Å². The van der Waals surface area contributed by atoms with Crippen LogP contribution in [-0.2, 0) is 6.42 Å². The third-order valence-electron chi connectivity index (χ3n) is 4.25. The second kappa shape index (κ2) is 7.54. The van der Waals surface area contributed by atoms with Gasteiger partial charge in [-0.1, -0.05) is 78.4 Å². The highest BCUT2D eigenvalue weighted by atomic mass is 32.1. The first-order valence-electron chi connectivity index (χ1n) is 8.71. The minimum Gasteiger partial charge on any atom is -0.332 e. The molecule has 3 heteroatoms. The average molecular weight is 356 g/mol. The Morgan fingerprint density at radius 1 is 0.808 bits per heavy atom. The molecule has 0 bridgehead atoms. The maximum absolute atomic E-state index is 4.90. The van der Waals surface area contributed by atoms with Crippen LogP contribution in [0.5, 0.6) is 0 Å². The van der Waals surface area contributed by atoms with Crippen LogP contribution in [0.3, 0.4) is 0 Å². The summed E-state index contributed by atoms with van der Waals surface area (Å²) in [5.74, 6) is 0. The summed E-state index contributed by atoms with van der Waals surface area (Å²) in [6.07, 6.45) is 0.887. The van der Waals surface area contributed by atoms with E-state index in [9.17, 15) is 0 Å². The molecule has 0 saturated heterocycles. The van der Waals surface area contributed by atoms with E-state index in [2.05, 4.69) is 91.1 Å². The van der Waals surface area contributed by atoms with Crippen molar-refractivity contribution in [2.75, 3.05) is 5.32 Å². The summed E-state index contributed by atoms with van der Waals surface area (Å²) < 4.78 is 0. The fourth-order valence-corrected chi connectivity index (χ4v) is 3.93. The van der Waals surface area contributed by atoms with Gasteiger partial charge in [-0.05, 0) is 24.6 Å². The highest BCUT2D eigenvalue weighted by molar-refractivity contribution is 7.16. The Hall–Kier alpha value is -2.91. The number of nitrogens with zero attached hydrogens (tertiary/aromatic N) is 1. The Kier molecular flexibility index (Phi) is 4.80. The average Bonchev–Trinajstić information content (AvgIpc) is 3.07. The lowest BCUT2D eigenvalue weighted by molar-refractivity contribution is 1.22. The summed E-state index contributed by atoms with van der Waals surface area (Å²) in [7, 11) is 0. The Labute approximate surface area is 158 Å². The predicted molar refractivity (Wildman–Crippen MR) is 111 cm³/mol. The quantitative estimate of drug-likeness (QED) is 0.444. The number of benzene rings is 3. The molecule has 0 atom stereocenters. The van der Waals surface area contributed by atoms with Crippen molar-refractivity contribution >= 4 is 22.2 Å². The molecule has 4 rings (SSSR count). The first-order valence-corrected chi connectivity index (χ1v) is 9.52. The maximum atomic E-state index is 4.90. The predicted octanol–water partition coefficient (Wildman–Crippen LogP) is 6.45. The lowest BCUT2D eigenvalue weighted by Gasteiger charge is -2.02. The molecule has 1 aromatic heterocycles. The highest BCUT2D eigenvalue weighted by Crippen LogP contribution is 2.34. The van der Waals surface area contributed by atoms with Crippen LogP contribution in [0.1, 0.15) is 16.0 Å². The molecule has 1 N–H and O–H groups in total. The van der Waals surface area contributed by atoms with Gasteiger partial charge in [0.1, 0.15) is 0 Å². The van der Waals surface area contributed by atoms with E-state index in [4.69, 9.17) is 4.98 Å². The largest absolute Gasteiger partial charge is 0.332 e. The molecular weight excluding hydrogens is 336 g/mol. The second-order valence-corrected chi connectivity index (χ2v) is 7.39. The number of hydrogen-bond acceptors (Lipinski definition) is 3. The number of aryl methyl sites for hydroxylation is 1. The van der Waals surface area contributed by atoms with Gasteiger partial charge in [-0.25, -0.2) is 4.98 Å². The lowest BCUT2D eigenvalue weighted by atomic mass is 10.1. The van der Waals surface area contributed by atoms with Gasteiger partial charge < -0.3 is 5.32 Å². The molecule has 0 aliphatic heterocycles. The first-order chi connectivity index (χ1) is 12.8. The van der Waals surface area contributed by atoms with Gasteiger partial charge in [-0.15, -0.1) is 11.3 Å². The molecule has 0 amide bonds. The molecule has 0 fully saturated rings. The molecule has 1 heterocycles. The molecule has 0 aliphatic rings. The summed E-state index contributed by atoms with van der Waals surface area (Å²) in [6, 6.07) is 29.4. The van der Waals surface area contributed by atoms with Crippen LogP contribution < -0.4 is 5.32 Å². The second-order valence-electron chi connectivity index (χ2n) is 6.31. The van der Waals surface area contributed by atoms with Gasteiger partial charge in [0, 0.05) is 22.5 Å². The van der Waals surface area contributed by atoms with E-state index in [1.807, 2.05) is 6.07 Å². The number of hydrogen-bond donors (Lipinski definition) is 1. The SMILES string of the molecule is Cc1ccc(Nc2nc(-c3ccccc3)c(Cc3ccccc3)s2)cc1. The monoisotopic (exact) mass is 356 g/mol. The molecule has 0 unspecified atom stereocenters. The van der Waals surface area contributed by atoms with Crippen LogP contribution in [0, 0.1) is 6.92 Å². The van der Waals surface area contributed by atoms with Crippen LogP contribution in [0.25, 0.3) is 11.3 Å². The topological polar surface area (TPSA) is 24.9 Å². The Balaban J connectivity index is 1.68. The number of rotatable bonds is 5. The third-order valence-corrected chi connectivity index (χ3v) is 5.23. The zero-order chi connectivity index (χ0) is 17.8. The van der Waals surface area contributed by atoms with E-state index < -0.39 is 0 Å². The van der Waals surface area contributed by atoms with E-state index in [-0.39, 0.29) is 0 Å². The number of anilines is 2. The molecule has 4 aromatic rings. The van der Waals surface area contributed by atoms with Gasteiger partial charge in [0.2, 0.25) is 0 Å². The zero-order valence-electron chi connectivity index (χ0n) is 14.6. The molecular formula is C23H20N2S. The molecule has 3 aromatic carbocycles.